The molecule has 0 aromatic rings. The first kappa shape index (κ1) is 8.56. The van der Waals surface area contributed by atoms with Crippen LogP contribution in [-0.4, -0.2) is 22.1 Å². The van der Waals surface area contributed by atoms with Crippen LogP contribution in [-0.2, 0) is 33.0 Å². The van der Waals surface area contributed by atoms with Gasteiger partial charge in [-0.05, 0) is 0 Å². The van der Waals surface area contributed by atoms with Crippen molar-refractivity contribution in [1.29, 1.82) is 0 Å². The highest BCUT2D eigenvalue weighted by Gasteiger charge is 2.14. The van der Waals surface area contributed by atoms with E-state index in [0.29, 0.717) is 0 Å². The zero-order chi connectivity index (χ0) is 7.82. The predicted octanol–water partition coefficient (Wildman–Crippen LogP) is -1.39. The van der Waals surface area contributed by atoms with Crippen molar-refractivity contribution in [3.63, 3.8) is 0 Å². The molecule has 0 aliphatic rings. The van der Waals surface area contributed by atoms with Crippen molar-refractivity contribution >= 4 is 22.1 Å². The molecule has 0 saturated heterocycles. The molecule has 0 N–H and O–H groups in total. The molecule has 0 spiro atoms. The van der Waals surface area contributed by atoms with Gasteiger partial charge in [0.1, 0.15) is 0 Å². The molecule has 0 unspecified atom stereocenters. The van der Waals surface area contributed by atoms with Gasteiger partial charge in [-0.25, -0.2) is 0 Å². The number of hydrogen-bond acceptors (Lipinski definition) is 7. The third-order valence-electron chi connectivity index (χ3n) is 0.311. The van der Waals surface area contributed by atoms with E-state index < -0.39 is 9.17 Å². The SMILES string of the molecule is O=COO[Si](=O)OOC=O. The average Bonchev–Trinajstić information content (AvgIpc) is 1.97. The Kier molecular flexibility index (Phi) is 4.87. The van der Waals surface area contributed by atoms with E-state index in [9.17, 15) is 14.1 Å². The summed E-state index contributed by atoms with van der Waals surface area (Å²) in [6.07, 6.45) is 0. The first-order valence-electron chi connectivity index (χ1n) is 1.89. The van der Waals surface area contributed by atoms with Crippen LogP contribution in [0.15, 0.2) is 0 Å². The molecule has 0 aromatic carbocycles. The maximum absolute atomic E-state index is 10.1. The van der Waals surface area contributed by atoms with E-state index in [1.54, 1.807) is 0 Å². The topological polar surface area (TPSA) is 88.1 Å². The number of carbonyl (C=O) groups is 2. The fourth-order valence-corrected chi connectivity index (χ4v) is 0.395. The second-order valence-electron chi connectivity index (χ2n) is 0.802. The van der Waals surface area contributed by atoms with Crippen LogP contribution in [0.5, 0.6) is 0 Å². The third-order valence-corrected chi connectivity index (χ3v) is 0.775. The molecule has 8 heteroatoms. The zero-order valence-corrected chi connectivity index (χ0v) is 5.51. The Bertz CT molecular complexity index is 118. The Morgan fingerprint density at radius 3 is 1.70 bits per heavy atom. The summed E-state index contributed by atoms with van der Waals surface area (Å²) < 4.78 is 17.5. The van der Waals surface area contributed by atoms with Gasteiger partial charge in [-0.2, -0.15) is 0 Å². The Hall–Kier alpha value is -1.44. The lowest BCUT2D eigenvalue weighted by Gasteiger charge is -1.93. The molecule has 0 atom stereocenters. The highest BCUT2D eigenvalue weighted by atomic mass is 28.3. The maximum Gasteiger partial charge on any atom is 0.854 e. The molecule has 0 aliphatic heterocycles. The van der Waals surface area contributed by atoms with Crippen LogP contribution in [0.2, 0.25) is 0 Å². The van der Waals surface area contributed by atoms with E-state index in [-0.39, 0.29) is 12.9 Å². The van der Waals surface area contributed by atoms with E-state index in [0.717, 1.165) is 0 Å². The highest BCUT2D eigenvalue weighted by molar-refractivity contribution is 6.25. The molecular weight excluding hydrogens is 164 g/mol. The van der Waals surface area contributed by atoms with Crippen LogP contribution in [0, 0.1) is 0 Å². The molecule has 0 radical (unpaired) electrons. The lowest BCUT2D eigenvalue weighted by atomic mass is 11.7. The lowest BCUT2D eigenvalue weighted by Crippen LogP contribution is -2.12. The van der Waals surface area contributed by atoms with E-state index >= 15 is 0 Å². The molecule has 0 heterocycles. The molecule has 0 saturated carbocycles. The number of hydrogen-bond donors (Lipinski definition) is 0. The average molecular weight is 166 g/mol. The number of carbonyl (C=O) groups excluding carboxylic acids is 2. The van der Waals surface area contributed by atoms with Gasteiger partial charge in [-0.1, -0.05) is 0 Å². The number of rotatable bonds is 6. The Morgan fingerprint density at radius 1 is 1.00 bits per heavy atom. The summed E-state index contributed by atoms with van der Waals surface area (Å²) in [7, 11) is -3.07. The fraction of sp³-hybridized carbons (Fsp3) is 0. The molecular formula is C2H2O7Si. The van der Waals surface area contributed by atoms with Crippen molar-refractivity contribution in [2.24, 2.45) is 0 Å². The fourth-order valence-electron chi connectivity index (χ4n) is 0.132. The molecule has 7 nitrogen and oxygen atoms in total. The van der Waals surface area contributed by atoms with E-state index in [4.69, 9.17) is 0 Å². The van der Waals surface area contributed by atoms with Gasteiger partial charge in [0.2, 0.25) is 0 Å². The first-order chi connectivity index (χ1) is 4.81. The Balaban J connectivity index is 3.24. The van der Waals surface area contributed by atoms with E-state index in [1.807, 2.05) is 0 Å². The van der Waals surface area contributed by atoms with Crippen LogP contribution in [0.1, 0.15) is 0 Å². The van der Waals surface area contributed by atoms with Crippen molar-refractivity contribution in [3.8, 4) is 0 Å². The van der Waals surface area contributed by atoms with Crippen molar-refractivity contribution in [1.82, 2.24) is 0 Å². The largest absolute Gasteiger partial charge is 0.854 e. The standard InChI is InChI=1S/C2H2O7Si/c3-1-6-8-10(5)9-7-2-4/h1-2H. The summed E-state index contributed by atoms with van der Waals surface area (Å²) in [5.74, 6) is 0. The van der Waals surface area contributed by atoms with Crippen molar-refractivity contribution in [2.45, 2.75) is 0 Å². The van der Waals surface area contributed by atoms with E-state index in [2.05, 4.69) is 18.9 Å². The van der Waals surface area contributed by atoms with Gasteiger partial charge in [0.15, 0.2) is 0 Å². The molecule has 56 valence electrons. The summed E-state index contributed by atoms with van der Waals surface area (Å²) in [4.78, 5) is 25.7. The van der Waals surface area contributed by atoms with Gasteiger partial charge < -0.3 is 0 Å². The Morgan fingerprint density at radius 2 is 1.40 bits per heavy atom. The van der Waals surface area contributed by atoms with Crippen LogP contribution in [0.3, 0.4) is 0 Å². The van der Waals surface area contributed by atoms with Gasteiger partial charge in [0.05, 0.1) is 0 Å². The molecule has 0 rings (SSSR count). The zero-order valence-electron chi connectivity index (χ0n) is 4.51. The second-order valence-corrected chi connectivity index (χ2v) is 1.63. The van der Waals surface area contributed by atoms with E-state index in [1.165, 1.54) is 0 Å². The maximum atomic E-state index is 10.1. The summed E-state index contributed by atoms with van der Waals surface area (Å²) in [5.41, 5.74) is 0. The Labute approximate surface area is 56.2 Å². The predicted molar refractivity (Wildman–Crippen MR) is 22.9 cm³/mol. The van der Waals surface area contributed by atoms with Crippen LogP contribution in [0.4, 0.5) is 0 Å². The van der Waals surface area contributed by atoms with Gasteiger partial charge in [0, 0.05) is 0 Å². The summed E-state index contributed by atoms with van der Waals surface area (Å²) in [6, 6.07) is 0. The molecule has 0 bridgehead atoms. The minimum Gasteiger partial charge on any atom is -0.284 e. The van der Waals surface area contributed by atoms with Gasteiger partial charge in [-0.3, -0.25) is 33.0 Å². The monoisotopic (exact) mass is 166 g/mol. The molecule has 0 amide bonds. The van der Waals surface area contributed by atoms with Crippen molar-refractivity contribution in [3.05, 3.63) is 0 Å². The molecule has 0 aromatic heterocycles. The molecule has 10 heavy (non-hydrogen) atoms. The summed E-state index contributed by atoms with van der Waals surface area (Å²) >= 11 is 0. The quantitative estimate of drug-likeness (QED) is 0.208. The minimum absolute atomic E-state index is 0.104. The smallest absolute Gasteiger partial charge is 0.284 e. The van der Waals surface area contributed by atoms with Crippen LogP contribution in [0.25, 0.3) is 0 Å². The molecule has 0 aliphatic carbocycles. The summed E-state index contributed by atoms with van der Waals surface area (Å²) in [6.45, 7) is -0.209. The first-order valence-corrected chi connectivity index (χ1v) is 3.11. The van der Waals surface area contributed by atoms with Gasteiger partial charge >= 0.3 is 22.1 Å². The molecule has 0 fully saturated rings. The van der Waals surface area contributed by atoms with Crippen molar-refractivity contribution < 1.29 is 33.0 Å². The minimum atomic E-state index is -3.07. The lowest BCUT2D eigenvalue weighted by molar-refractivity contribution is -0.251. The normalized spacial score (nSPS) is 7.20. The van der Waals surface area contributed by atoms with Crippen molar-refractivity contribution in [2.75, 3.05) is 0 Å². The second kappa shape index (κ2) is 5.69. The van der Waals surface area contributed by atoms with Gasteiger partial charge in [0.25, 0.3) is 0 Å². The van der Waals surface area contributed by atoms with Crippen LogP contribution < -0.4 is 0 Å². The third kappa shape index (κ3) is 4.71. The summed E-state index contributed by atoms with van der Waals surface area (Å²) in [5, 5.41) is 0. The highest BCUT2D eigenvalue weighted by Crippen LogP contribution is 1.78. The van der Waals surface area contributed by atoms with Gasteiger partial charge in [-0.15, -0.1) is 0 Å². The van der Waals surface area contributed by atoms with Crippen LogP contribution >= 0.6 is 0 Å².